The molecule has 0 aliphatic carbocycles. The van der Waals surface area contributed by atoms with Crippen LogP contribution in [0.4, 0.5) is 11.5 Å². The van der Waals surface area contributed by atoms with E-state index in [4.69, 9.17) is 4.74 Å². The Balaban J connectivity index is 1.70. The molecule has 2 N–H and O–H groups in total. The molecular weight excluding hydrogens is 264 g/mol. The monoisotopic (exact) mass is 282 g/mol. The number of fused-ring (bicyclic) bond motifs is 1. The molecule has 0 fully saturated rings. The van der Waals surface area contributed by atoms with E-state index in [1.165, 1.54) is 0 Å². The molecule has 21 heavy (non-hydrogen) atoms. The van der Waals surface area contributed by atoms with Gasteiger partial charge in [-0.2, -0.15) is 5.10 Å². The number of H-pyrrole nitrogens is 1. The zero-order valence-electron chi connectivity index (χ0n) is 12.0. The summed E-state index contributed by atoms with van der Waals surface area (Å²) in [5.74, 6) is 1.62. The number of ether oxygens (including phenoxy) is 1. The summed E-state index contributed by atoms with van der Waals surface area (Å²) < 4.78 is 5.64. The highest BCUT2D eigenvalue weighted by atomic mass is 16.5. The smallest absolute Gasteiger partial charge is 0.178 e. The maximum atomic E-state index is 5.64. The Hall–Kier alpha value is -2.56. The Morgan fingerprint density at radius 1 is 1.19 bits per heavy atom. The Morgan fingerprint density at radius 2 is 2.05 bits per heavy atom. The maximum absolute atomic E-state index is 5.64. The van der Waals surface area contributed by atoms with Crippen LogP contribution in [-0.4, -0.2) is 21.8 Å². The summed E-state index contributed by atoms with van der Waals surface area (Å²) in [6, 6.07) is 11.7. The van der Waals surface area contributed by atoms with Crippen molar-refractivity contribution in [3.8, 4) is 5.75 Å². The van der Waals surface area contributed by atoms with Gasteiger partial charge < -0.3 is 10.1 Å². The van der Waals surface area contributed by atoms with Gasteiger partial charge in [-0.25, -0.2) is 0 Å². The number of hydrogen-bond acceptors (Lipinski definition) is 4. The highest BCUT2D eigenvalue weighted by Gasteiger charge is 2.06. The van der Waals surface area contributed by atoms with Crippen molar-refractivity contribution in [3.63, 3.8) is 0 Å². The largest absolute Gasteiger partial charge is 0.494 e. The first-order valence-electron chi connectivity index (χ1n) is 7.16. The minimum atomic E-state index is 0.727. The van der Waals surface area contributed by atoms with E-state index in [0.29, 0.717) is 0 Å². The second-order valence-electron chi connectivity index (χ2n) is 4.82. The van der Waals surface area contributed by atoms with Crippen molar-refractivity contribution in [2.45, 2.75) is 19.8 Å². The predicted octanol–water partition coefficient (Wildman–Crippen LogP) is 3.88. The quantitative estimate of drug-likeness (QED) is 0.673. The van der Waals surface area contributed by atoms with Gasteiger partial charge in [-0.05, 0) is 42.8 Å². The molecule has 5 nitrogen and oxygen atoms in total. The summed E-state index contributed by atoms with van der Waals surface area (Å²) in [5, 5.41) is 10.5. The van der Waals surface area contributed by atoms with Gasteiger partial charge in [0, 0.05) is 11.9 Å². The molecule has 2 heterocycles. The van der Waals surface area contributed by atoms with E-state index < -0.39 is 0 Å². The lowest BCUT2D eigenvalue weighted by Crippen LogP contribution is -1.97. The van der Waals surface area contributed by atoms with Gasteiger partial charge in [0.1, 0.15) is 11.3 Å². The van der Waals surface area contributed by atoms with E-state index in [9.17, 15) is 0 Å². The van der Waals surface area contributed by atoms with Crippen LogP contribution in [0.1, 0.15) is 19.8 Å². The zero-order valence-corrected chi connectivity index (χ0v) is 12.0. The summed E-state index contributed by atoms with van der Waals surface area (Å²) in [4.78, 5) is 4.32. The number of anilines is 2. The highest BCUT2D eigenvalue weighted by molar-refractivity contribution is 5.87. The van der Waals surface area contributed by atoms with Gasteiger partial charge >= 0.3 is 0 Å². The SMILES string of the molecule is CCCCOc1ccc(Nc2n[nH]c3cccnc23)cc1. The molecule has 1 aromatic carbocycles. The number of hydrogen-bond donors (Lipinski definition) is 2. The number of nitrogens with zero attached hydrogens (tertiary/aromatic N) is 2. The van der Waals surface area contributed by atoms with Gasteiger partial charge in [0.2, 0.25) is 0 Å². The van der Waals surface area contributed by atoms with Gasteiger partial charge in [-0.1, -0.05) is 13.3 Å². The molecule has 0 saturated carbocycles. The number of aromatic amines is 1. The zero-order chi connectivity index (χ0) is 14.5. The summed E-state index contributed by atoms with van der Waals surface area (Å²) >= 11 is 0. The number of aromatic nitrogens is 3. The second-order valence-corrected chi connectivity index (χ2v) is 4.82. The fourth-order valence-corrected chi connectivity index (χ4v) is 2.05. The van der Waals surface area contributed by atoms with Crippen molar-refractivity contribution in [3.05, 3.63) is 42.6 Å². The van der Waals surface area contributed by atoms with Crippen LogP contribution in [0, 0.1) is 0 Å². The Morgan fingerprint density at radius 3 is 2.86 bits per heavy atom. The summed E-state index contributed by atoms with van der Waals surface area (Å²) in [5.41, 5.74) is 2.71. The average molecular weight is 282 g/mol. The Kier molecular flexibility index (Phi) is 4.00. The minimum absolute atomic E-state index is 0.727. The van der Waals surface area contributed by atoms with Crippen molar-refractivity contribution in [1.29, 1.82) is 0 Å². The third-order valence-corrected chi connectivity index (χ3v) is 3.20. The molecule has 5 heteroatoms. The first kappa shape index (κ1) is 13.4. The summed E-state index contributed by atoms with van der Waals surface area (Å²) in [6.45, 7) is 2.91. The van der Waals surface area contributed by atoms with Crippen LogP contribution in [-0.2, 0) is 0 Å². The summed E-state index contributed by atoms with van der Waals surface area (Å²) in [6.07, 6.45) is 3.97. The number of rotatable bonds is 6. The molecule has 3 rings (SSSR count). The van der Waals surface area contributed by atoms with Crippen LogP contribution in [0.2, 0.25) is 0 Å². The minimum Gasteiger partial charge on any atom is -0.494 e. The normalized spacial score (nSPS) is 10.7. The maximum Gasteiger partial charge on any atom is 0.178 e. The van der Waals surface area contributed by atoms with Gasteiger partial charge in [0.05, 0.1) is 12.1 Å². The summed E-state index contributed by atoms with van der Waals surface area (Å²) in [7, 11) is 0. The van der Waals surface area contributed by atoms with Crippen LogP contribution in [0.5, 0.6) is 5.75 Å². The van der Waals surface area contributed by atoms with E-state index in [-0.39, 0.29) is 0 Å². The van der Waals surface area contributed by atoms with Gasteiger partial charge in [0.15, 0.2) is 5.82 Å². The van der Waals surface area contributed by atoms with Crippen molar-refractivity contribution in [2.75, 3.05) is 11.9 Å². The number of pyridine rings is 1. The van der Waals surface area contributed by atoms with Gasteiger partial charge in [0.25, 0.3) is 0 Å². The molecule has 0 aliphatic heterocycles. The van der Waals surface area contributed by atoms with Crippen molar-refractivity contribution >= 4 is 22.5 Å². The fourth-order valence-electron chi connectivity index (χ4n) is 2.05. The molecule has 3 aromatic rings. The Bertz CT molecular complexity index is 706. The highest BCUT2D eigenvalue weighted by Crippen LogP contribution is 2.23. The van der Waals surface area contributed by atoms with Crippen LogP contribution >= 0.6 is 0 Å². The first-order valence-corrected chi connectivity index (χ1v) is 7.16. The van der Waals surface area contributed by atoms with Crippen LogP contribution in [0.15, 0.2) is 42.6 Å². The molecule has 0 atom stereocenters. The van der Waals surface area contributed by atoms with Crippen LogP contribution in [0.25, 0.3) is 11.0 Å². The fraction of sp³-hybridized carbons (Fsp3) is 0.250. The molecule has 0 aliphatic rings. The molecule has 0 amide bonds. The van der Waals surface area contributed by atoms with E-state index in [0.717, 1.165) is 47.7 Å². The molecule has 108 valence electrons. The van der Waals surface area contributed by atoms with Crippen molar-refractivity contribution < 1.29 is 4.74 Å². The Labute approximate surface area is 123 Å². The second kappa shape index (κ2) is 6.26. The first-order chi connectivity index (χ1) is 10.4. The van der Waals surface area contributed by atoms with Crippen molar-refractivity contribution in [1.82, 2.24) is 15.2 Å². The number of benzene rings is 1. The lowest BCUT2D eigenvalue weighted by atomic mass is 10.3. The molecule has 2 aromatic heterocycles. The molecule has 0 saturated heterocycles. The van der Waals surface area contributed by atoms with E-state index >= 15 is 0 Å². The number of unbranched alkanes of at least 4 members (excludes halogenated alkanes) is 1. The predicted molar refractivity (Wildman–Crippen MR) is 84.0 cm³/mol. The molecule has 0 radical (unpaired) electrons. The van der Waals surface area contributed by atoms with Crippen molar-refractivity contribution in [2.24, 2.45) is 0 Å². The lowest BCUT2D eigenvalue weighted by Gasteiger charge is -2.07. The van der Waals surface area contributed by atoms with Gasteiger partial charge in [-0.15, -0.1) is 0 Å². The lowest BCUT2D eigenvalue weighted by molar-refractivity contribution is 0.309. The third kappa shape index (κ3) is 3.13. The average Bonchev–Trinajstić information content (AvgIpc) is 2.93. The molecular formula is C16H18N4O. The third-order valence-electron chi connectivity index (χ3n) is 3.20. The standard InChI is InChI=1S/C16H18N4O/c1-2-3-11-21-13-8-6-12(7-9-13)18-16-15-14(19-20-16)5-4-10-17-15/h4-10H,2-3,11H2,1H3,(H2,18,19,20). The van der Waals surface area contributed by atoms with Crippen LogP contribution in [0.3, 0.4) is 0 Å². The van der Waals surface area contributed by atoms with Crippen LogP contribution < -0.4 is 10.1 Å². The number of nitrogens with one attached hydrogen (secondary N) is 2. The molecule has 0 bridgehead atoms. The van der Waals surface area contributed by atoms with E-state index in [1.54, 1.807) is 6.20 Å². The van der Waals surface area contributed by atoms with E-state index in [1.807, 2.05) is 36.4 Å². The molecule has 0 spiro atoms. The molecule has 0 unspecified atom stereocenters. The van der Waals surface area contributed by atoms with E-state index in [2.05, 4.69) is 27.4 Å². The van der Waals surface area contributed by atoms with Gasteiger partial charge in [-0.3, -0.25) is 10.1 Å². The topological polar surface area (TPSA) is 62.8 Å².